The van der Waals surface area contributed by atoms with Crippen molar-refractivity contribution in [2.24, 2.45) is 5.92 Å². The smallest absolute Gasteiger partial charge is 0.248 e. The Morgan fingerprint density at radius 1 is 1.39 bits per heavy atom. The first-order valence-electron chi connectivity index (χ1n) is 8.66. The maximum Gasteiger partial charge on any atom is 0.248 e. The average molecular weight is 387 g/mol. The number of nitriles is 2. The van der Waals surface area contributed by atoms with Crippen LogP contribution in [0.4, 0.5) is 20.4 Å². The minimum Gasteiger partial charge on any atom is -0.476 e. The van der Waals surface area contributed by atoms with Gasteiger partial charge in [-0.05, 0) is 20.8 Å². The molecule has 1 aliphatic rings. The van der Waals surface area contributed by atoms with E-state index in [4.69, 9.17) is 4.74 Å². The molecule has 1 N–H and O–H groups in total. The summed E-state index contributed by atoms with van der Waals surface area (Å²) >= 11 is 0. The molecule has 0 atom stereocenters. The number of rotatable bonds is 6. The number of anilines is 2. The van der Waals surface area contributed by atoms with Gasteiger partial charge < -0.3 is 10.1 Å². The fourth-order valence-electron chi connectivity index (χ4n) is 2.75. The molecule has 0 unspecified atom stereocenters. The number of nitrogens with one attached hydrogen (secondary N) is 1. The second kappa shape index (κ2) is 7.04. The van der Waals surface area contributed by atoms with Gasteiger partial charge in [-0.3, -0.25) is 4.68 Å². The highest BCUT2D eigenvalue weighted by atomic mass is 19.3. The normalized spacial score (nSPS) is 16.0. The van der Waals surface area contributed by atoms with E-state index in [1.807, 2.05) is 6.07 Å². The Labute approximate surface area is 160 Å². The number of hydrogen-bond donors (Lipinski definition) is 1. The fourth-order valence-corrected chi connectivity index (χ4v) is 2.75. The minimum absolute atomic E-state index is 0.0395. The monoisotopic (exact) mass is 387 g/mol. The SMILES string of the molecule is Cc1nn(C(C)(C)C#N)cc1Nc1ncc(C#N)c(OCC2CC(F)(F)C2)n1. The van der Waals surface area contributed by atoms with Gasteiger partial charge in [0.1, 0.15) is 17.2 Å². The highest BCUT2D eigenvalue weighted by molar-refractivity contribution is 5.56. The number of alkyl halides is 2. The molecule has 0 aromatic carbocycles. The molecule has 0 spiro atoms. The van der Waals surface area contributed by atoms with Crippen LogP contribution in [0.1, 0.15) is 37.9 Å². The van der Waals surface area contributed by atoms with Crippen molar-refractivity contribution in [1.29, 1.82) is 10.5 Å². The molecule has 0 amide bonds. The molecule has 3 rings (SSSR count). The van der Waals surface area contributed by atoms with Gasteiger partial charge in [-0.2, -0.15) is 20.6 Å². The zero-order valence-electron chi connectivity index (χ0n) is 15.7. The molecular weight excluding hydrogens is 368 g/mol. The standard InChI is InChI=1S/C18H19F2N7O/c1-11-14(8-27(26-11)17(2,3)10-22)24-16-23-7-13(6-21)15(25-16)28-9-12-4-18(19,20)5-12/h7-8,12H,4-5,9H2,1-3H3,(H,23,24,25). The molecule has 1 saturated carbocycles. The maximum atomic E-state index is 12.9. The molecule has 0 bridgehead atoms. The van der Waals surface area contributed by atoms with Crippen molar-refractivity contribution in [2.75, 3.05) is 11.9 Å². The van der Waals surface area contributed by atoms with E-state index in [-0.39, 0.29) is 42.8 Å². The van der Waals surface area contributed by atoms with Crippen molar-refractivity contribution >= 4 is 11.6 Å². The van der Waals surface area contributed by atoms with E-state index >= 15 is 0 Å². The molecule has 28 heavy (non-hydrogen) atoms. The molecule has 1 aliphatic carbocycles. The molecule has 2 aromatic heterocycles. The molecule has 2 heterocycles. The Morgan fingerprint density at radius 2 is 2.11 bits per heavy atom. The van der Waals surface area contributed by atoms with E-state index in [1.54, 1.807) is 27.0 Å². The number of aromatic nitrogens is 4. The number of aryl methyl sites for hydroxylation is 1. The van der Waals surface area contributed by atoms with E-state index in [0.717, 1.165) is 0 Å². The highest BCUT2D eigenvalue weighted by Crippen LogP contribution is 2.42. The van der Waals surface area contributed by atoms with Crippen LogP contribution in [0.3, 0.4) is 0 Å². The van der Waals surface area contributed by atoms with Gasteiger partial charge in [0, 0.05) is 18.8 Å². The summed E-state index contributed by atoms with van der Waals surface area (Å²) < 4.78 is 32.9. The quantitative estimate of drug-likeness (QED) is 0.809. The summed E-state index contributed by atoms with van der Waals surface area (Å²) in [4.78, 5) is 8.26. The van der Waals surface area contributed by atoms with Crippen LogP contribution in [0.25, 0.3) is 0 Å². The molecule has 8 nitrogen and oxygen atoms in total. The lowest BCUT2D eigenvalue weighted by Crippen LogP contribution is -2.38. The van der Waals surface area contributed by atoms with Gasteiger partial charge in [-0.15, -0.1) is 0 Å². The van der Waals surface area contributed by atoms with E-state index in [1.165, 1.54) is 10.9 Å². The third-order valence-electron chi connectivity index (χ3n) is 4.50. The van der Waals surface area contributed by atoms with Crippen LogP contribution >= 0.6 is 0 Å². The third kappa shape index (κ3) is 4.01. The van der Waals surface area contributed by atoms with Crippen LogP contribution < -0.4 is 10.1 Å². The molecule has 2 aromatic rings. The molecule has 146 valence electrons. The molecule has 0 radical (unpaired) electrons. The summed E-state index contributed by atoms with van der Waals surface area (Å²) in [5, 5.41) is 25.7. The lowest BCUT2D eigenvalue weighted by Gasteiger charge is -2.34. The Bertz CT molecular complexity index is 963. The van der Waals surface area contributed by atoms with Crippen molar-refractivity contribution in [2.45, 2.75) is 45.1 Å². The van der Waals surface area contributed by atoms with Crippen LogP contribution in [-0.4, -0.2) is 32.3 Å². The van der Waals surface area contributed by atoms with Gasteiger partial charge in [0.05, 0.1) is 36.5 Å². The van der Waals surface area contributed by atoms with Crippen LogP contribution in [0, 0.1) is 35.5 Å². The topological polar surface area (TPSA) is 112 Å². The zero-order chi connectivity index (χ0) is 20.5. The summed E-state index contributed by atoms with van der Waals surface area (Å²) in [5.74, 6) is -2.68. The van der Waals surface area contributed by atoms with Crippen molar-refractivity contribution < 1.29 is 13.5 Å². The van der Waals surface area contributed by atoms with Gasteiger partial charge in [-0.25, -0.2) is 13.8 Å². The lowest BCUT2D eigenvalue weighted by atomic mass is 9.82. The molecule has 0 aliphatic heterocycles. The second-order valence-electron chi connectivity index (χ2n) is 7.33. The van der Waals surface area contributed by atoms with Crippen molar-refractivity contribution in [3.05, 3.63) is 23.7 Å². The average Bonchev–Trinajstić information content (AvgIpc) is 2.99. The summed E-state index contributed by atoms with van der Waals surface area (Å²) in [6.45, 7) is 5.30. The van der Waals surface area contributed by atoms with Gasteiger partial charge in [0.2, 0.25) is 17.8 Å². The largest absolute Gasteiger partial charge is 0.476 e. The first kappa shape index (κ1) is 19.5. The zero-order valence-corrected chi connectivity index (χ0v) is 15.7. The summed E-state index contributed by atoms with van der Waals surface area (Å²) in [5.41, 5.74) is 0.526. The Morgan fingerprint density at radius 3 is 2.71 bits per heavy atom. The Hall–Kier alpha value is -3.27. The van der Waals surface area contributed by atoms with Crippen LogP contribution in [0.2, 0.25) is 0 Å². The van der Waals surface area contributed by atoms with Crippen LogP contribution in [0.15, 0.2) is 12.4 Å². The molecule has 0 saturated heterocycles. The number of nitrogens with zero attached hydrogens (tertiary/aromatic N) is 6. The number of hydrogen-bond acceptors (Lipinski definition) is 7. The van der Waals surface area contributed by atoms with E-state index < -0.39 is 11.5 Å². The van der Waals surface area contributed by atoms with E-state index in [9.17, 15) is 19.3 Å². The summed E-state index contributed by atoms with van der Waals surface area (Å²) in [6.07, 6.45) is 2.52. The van der Waals surface area contributed by atoms with Crippen molar-refractivity contribution in [3.63, 3.8) is 0 Å². The number of halogens is 2. The van der Waals surface area contributed by atoms with Gasteiger partial charge in [0.15, 0.2) is 0 Å². The molecule has 1 fully saturated rings. The first-order valence-corrected chi connectivity index (χ1v) is 8.66. The molecular formula is C18H19F2N7O. The van der Waals surface area contributed by atoms with Gasteiger partial charge in [-0.1, -0.05) is 0 Å². The Kier molecular flexibility index (Phi) is 4.90. The van der Waals surface area contributed by atoms with Gasteiger partial charge >= 0.3 is 0 Å². The predicted octanol–water partition coefficient (Wildman–Crippen LogP) is 3.28. The maximum absolute atomic E-state index is 12.9. The summed E-state index contributed by atoms with van der Waals surface area (Å²) in [7, 11) is 0. The summed E-state index contributed by atoms with van der Waals surface area (Å²) in [6, 6.07) is 4.09. The van der Waals surface area contributed by atoms with Crippen molar-refractivity contribution in [1.82, 2.24) is 19.7 Å². The predicted molar refractivity (Wildman–Crippen MR) is 95.1 cm³/mol. The number of ether oxygens (including phenoxy) is 1. The second-order valence-corrected chi connectivity index (χ2v) is 7.33. The fraction of sp³-hybridized carbons (Fsp3) is 0.500. The highest BCUT2D eigenvalue weighted by Gasteiger charge is 2.45. The van der Waals surface area contributed by atoms with Crippen LogP contribution in [-0.2, 0) is 5.54 Å². The van der Waals surface area contributed by atoms with Crippen molar-refractivity contribution in [3.8, 4) is 18.0 Å². The van der Waals surface area contributed by atoms with E-state index in [0.29, 0.717) is 11.4 Å². The first-order chi connectivity index (χ1) is 13.1. The lowest BCUT2D eigenvalue weighted by molar-refractivity contribution is -0.119. The van der Waals surface area contributed by atoms with Crippen LogP contribution in [0.5, 0.6) is 5.88 Å². The minimum atomic E-state index is -2.63. The van der Waals surface area contributed by atoms with E-state index in [2.05, 4.69) is 26.5 Å². The third-order valence-corrected chi connectivity index (χ3v) is 4.50. The Balaban J connectivity index is 1.75. The van der Waals surface area contributed by atoms with Gasteiger partial charge in [0.25, 0.3) is 0 Å². The molecule has 10 heteroatoms.